The van der Waals surface area contributed by atoms with Crippen LogP contribution in [0, 0.1) is 0 Å². The molecular weight excluding hydrogens is 230 g/mol. The molecule has 1 aliphatic rings. The number of fused-ring (bicyclic) bond motifs is 1. The molecule has 0 bridgehead atoms. The van der Waals surface area contributed by atoms with Gasteiger partial charge in [0.25, 0.3) is 5.91 Å². The van der Waals surface area contributed by atoms with E-state index in [2.05, 4.69) is 24.5 Å². The van der Waals surface area contributed by atoms with Gasteiger partial charge in [-0.3, -0.25) is 4.79 Å². The van der Waals surface area contributed by atoms with Crippen molar-refractivity contribution in [3.8, 4) is 5.75 Å². The van der Waals surface area contributed by atoms with Crippen LogP contribution in [0.5, 0.6) is 5.75 Å². The fourth-order valence-electron chi connectivity index (χ4n) is 1.65. The molecule has 0 atom stereocenters. The molecule has 98 valence electrons. The van der Waals surface area contributed by atoms with Gasteiger partial charge in [0.05, 0.1) is 5.69 Å². The Bertz CT molecular complexity index is 458. The Morgan fingerprint density at radius 3 is 3.00 bits per heavy atom. The Morgan fingerprint density at radius 1 is 1.50 bits per heavy atom. The van der Waals surface area contributed by atoms with E-state index in [-0.39, 0.29) is 18.1 Å². The van der Waals surface area contributed by atoms with Crippen molar-refractivity contribution >= 4 is 11.6 Å². The van der Waals surface area contributed by atoms with Gasteiger partial charge >= 0.3 is 0 Å². The molecule has 0 fully saturated rings. The van der Waals surface area contributed by atoms with Gasteiger partial charge in [-0.1, -0.05) is 6.07 Å². The molecule has 1 heterocycles. The quantitative estimate of drug-likeness (QED) is 0.739. The fraction of sp³-hybridized carbons (Fsp3) is 0.462. The minimum absolute atomic E-state index is 0.0881. The Balaban J connectivity index is 2.07. The highest BCUT2D eigenvalue weighted by atomic mass is 16.5. The van der Waals surface area contributed by atoms with Gasteiger partial charge in [0.2, 0.25) is 0 Å². The van der Waals surface area contributed by atoms with Crippen molar-refractivity contribution in [2.75, 3.05) is 18.5 Å². The Labute approximate surface area is 107 Å². The number of anilines is 1. The summed E-state index contributed by atoms with van der Waals surface area (Å²) in [4.78, 5) is 11.2. The number of amides is 1. The summed E-state index contributed by atoms with van der Waals surface area (Å²) >= 11 is 0. The third kappa shape index (κ3) is 3.00. The third-order valence-electron chi connectivity index (χ3n) is 2.96. The second kappa shape index (κ2) is 4.96. The first-order valence-corrected chi connectivity index (χ1v) is 6.01. The van der Waals surface area contributed by atoms with Crippen LogP contribution in [0.3, 0.4) is 0 Å². The van der Waals surface area contributed by atoms with E-state index < -0.39 is 0 Å². The first-order chi connectivity index (χ1) is 8.50. The average Bonchev–Trinajstić information content (AvgIpc) is 2.36. The molecule has 5 heteroatoms. The number of nitrogens with one attached hydrogen (secondary N) is 2. The molecule has 5 nitrogen and oxygen atoms in total. The number of nitrogens with two attached hydrogens (primary N) is 1. The van der Waals surface area contributed by atoms with Crippen LogP contribution >= 0.6 is 0 Å². The summed E-state index contributed by atoms with van der Waals surface area (Å²) in [6.07, 6.45) is 0. The van der Waals surface area contributed by atoms with E-state index in [1.54, 1.807) is 0 Å². The van der Waals surface area contributed by atoms with Gasteiger partial charge in [0, 0.05) is 18.6 Å². The first-order valence-electron chi connectivity index (χ1n) is 6.01. The van der Waals surface area contributed by atoms with Crippen LogP contribution in [0.15, 0.2) is 18.2 Å². The molecule has 0 unspecified atom stereocenters. The number of carbonyl (C=O) groups is 1. The van der Waals surface area contributed by atoms with E-state index in [1.165, 1.54) is 0 Å². The van der Waals surface area contributed by atoms with Crippen molar-refractivity contribution in [2.45, 2.75) is 25.9 Å². The average molecular weight is 249 g/mol. The standard InChI is InChI=1S/C13H19N3O2/c1-13(2,8-14)15-6-9-3-4-11-10(5-9)16-12(17)7-18-11/h3-5,15H,6-8,14H2,1-2H3,(H,16,17). The maximum Gasteiger partial charge on any atom is 0.262 e. The lowest BCUT2D eigenvalue weighted by atomic mass is 10.1. The lowest BCUT2D eigenvalue weighted by Crippen LogP contribution is -2.45. The highest BCUT2D eigenvalue weighted by molar-refractivity contribution is 5.95. The minimum atomic E-state index is -0.116. The minimum Gasteiger partial charge on any atom is -0.482 e. The van der Waals surface area contributed by atoms with Crippen LogP contribution in [0.2, 0.25) is 0 Å². The summed E-state index contributed by atoms with van der Waals surface area (Å²) in [6.45, 7) is 5.46. The Kier molecular flexibility index (Phi) is 3.54. The van der Waals surface area contributed by atoms with Crippen LogP contribution in [0.4, 0.5) is 5.69 Å². The molecule has 18 heavy (non-hydrogen) atoms. The van der Waals surface area contributed by atoms with Gasteiger partial charge in [-0.2, -0.15) is 0 Å². The van der Waals surface area contributed by atoms with Gasteiger partial charge in [0.15, 0.2) is 6.61 Å². The molecule has 1 aromatic rings. The Morgan fingerprint density at radius 2 is 2.28 bits per heavy atom. The largest absolute Gasteiger partial charge is 0.482 e. The second-order valence-corrected chi connectivity index (χ2v) is 5.11. The summed E-state index contributed by atoms with van der Waals surface area (Å²) in [5.41, 5.74) is 7.38. The summed E-state index contributed by atoms with van der Waals surface area (Å²) in [5.74, 6) is 0.603. The Hall–Kier alpha value is -1.59. The highest BCUT2D eigenvalue weighted by Crippen LogP contribution is 2.28. The predicted molar refractivity (Wildman–Crippen MR) is 70.5 cm³/mol. The van der Waals surface area contributed by atoms with Gasteiger partial charge < -0.3 is 21.1 Å². The summed E-state index contributed by atoms with van der Waals surface area (Å²) in [7, 11) is 0. The van der Waals surface area contributed by atoms with Gasteiger partial charge in [-0.05, 0) is 31.5 Å². The molecule has 1 aliphatic heterocycles. The van der Waals surface area contributed by atoms with Crippen LogP contribution in [0.1, 0.15) is 19.4 Å². The van der Waals surface area contributed by atoms with Crippen LogP contribution < -0.4 is 21.1 Å². The zero-order valence-electron chi connectivity index (χ0n) is 10.7. The normalized spacial score (nSPS) is 14.7. The zero-order valence-corrected chi connectivity index (χ0v) is 10.7. The molecule has 0 saturated carbocycles. The van der Waals surface area contributed by atoms with Crippen molar-refractivity contribution in [3.63, 3.8) is 0 Å². The van der Waals surface area contributed by atoms with E-state index >= 15 is 0 Å². The van der Waals surface area contributed by atoms with Crippen molar-refractivity contribution in [1.82, 2.24) is 5.32 Å². The molecule has 0 radical (unpaired) electrons. The summed E-state index contributed by atoms with van der Waals surface area (Å²) in [5, 5.41) is 6.16. The van der Waals surface area contributed by atoms with E-state index in [0.29, 0.717) is 13.1 Å². The molecule has 2 rings (SSSR count). The number of ether oxygens (including phenoxy) is 1. The maximum absolute atomic E-state index is 11.2. The lowest BCUT2D eigenvalue weighted by Gasteiger charge is -2.25. The van der Waals surface area contributed by atoms with Gasteiger partial charge in [-0.25, -0.2) is 0 Å². The lowest BCUT2D eigenvalue weighted by molar-refractivity contribution is -0.118. The number of hydrogen-bond acceptors (Lipinski definition) is 4. The SMILES string of the molecule is CC(C)(CN)NCc1ccc2c(c1)NC(=O)CO2. The molecule has 0 aliphatic carbocycles. The fourth-order valence-corrected chi connectivity index (χ4v) is 1.65. The first kappa shape index (κ1) is 12.9. The molecule has 0 saturated heterocycles. The summed E-state index contributed by atoms with van der Waals surface area (Å²) in [6, 6.07) is 5.78. The summed E-state index contributed by atoms with van der Waals surface area (Å²) < 4.78 is 5.30. The van der Waals surface area contributed by atoms with Crippen LogP contribution in [-0.4, -0.2) is 24.6 Å². The van der Waals surface area contributed by atoms with Crippen molar-refractivity contribution in [2.24, 2.45) is 5.73 Å². The van der Waals surface area contributed by atoms with Crippen molar-refractivity contribution in [3.05, 3.63) is 23.8 Å². The van der Waals surface area contributed by atoms with Crippen LogP contribution in [-0.2, 0) is 11.3 Å². The van der Waals surface area contributed by atoms with E-state index in [9.17, 15) is 4.79 Å². The topological polar surface area (TPSA) is 76.4 Å². The van der Waals surface area contributed by atoms with Crippen molar-refractivity contribution in [1.29, 1.82) is 0 Å². The van der Waals surface area contributed by atoms with E-state index in [4.69, 9.17) is 10.5 Å². The van der Waals surface area contributed by atoms with E-state index in [1.807, 2.05) is 18.2 Å². The molecule has 4 N–H and O–H groups in total. The number of hydrogen-bond donors (Lipinski definition) is 3. The maximum atomic E-state index is 11.2. The highest BCUT2D eigenvalue weighted by Gasteiger charge is 2.17. The number of rotatable bonds is 4. The molecular formula is C13H19N3O2. The van der Waals surface area contributed by atoms with E-state index in [0.717, 1.165) is 17.0 Å². The number of benzene rings is 1. The zero-order chi connectivity index (χ0) is 13.2. The molecule has 1 amide bonds. The molecule has 0 aromatic heterocycles. The second-order valence-electron chi connectivity index (χ2n) is 5.11. The molecule has 1 aromatic carbocycles. The molecule has 0 spiro atoms. The van der Waals surface area contributed by atoms with Gasteiger partial charge in [-0.15, -0.1) is 0 Å². The van der Waals surface area contributed by atoms with Crippen molar-refractivity contribution < 1.29 is 9.53 Å². The third-order valence-corrected chi connectivity index (χ3v) is 2.96. The monoisotopic (exact) mass is 249 g/mol. The predicted octanol–water partition coefficient (Wildman–Crippen LogP) is 0.844. The van der Waals surface area contributed by atoms with Crippen LogP contribution in [0.25, 0.3) is 0 Å². The smallest absolute Gasteiger partial charge is 0.262 e. The number of carbonyl (C=O) groups excluding carboxylic acids is 1. The van der Waals surface area contributed by atoms with Gasteiger partial charge in [0.1, 0.15) is 5.75 Å².